The smallest absolute Gasteiger partial charge is 0.223 e. The maximum atomic E-state index is 11.5. The Bertz CT molecular complexity index is 1060. The lowest BCUT2D eigenvalue weighted by Crippen LogP contribution is -2.19. The summed E-state index contributed by atoms with van der Waals surface area (Å²) in [6.45, 7) is 2.52. The number of aromatic nitrogens is 2. The van der Waals surface area contributed by atoms with Crippen molar-refractivity contribution in [1.82, 2.24) is 14.9 Å². The maximum absolute atomic E-state index is 11.5. The van der Waals surface area contributed by atoms with E-state index in [1.807, 2.05) is 31.4 Å². The molecule has 0 aliphatic rings. The van der Waals surface area contributed by atoms with Crippen molar-refractivity contribution in [3.63, 3.8) is 0 Å². The molecule has 32 heavy (non-hydrogen) atoms. The number of aromatic hydroxyl groups is 1. The van der Waals surface area contributed by atoms with E-state index < -0.39 is 0 Å². The molecule has 0 spiro atoms. The number of nitrogens with zero attached hydrogens (tertiary/aromatic N) is 2. The molecule has 0 amide bonds. The van der Waals surface area contributed by atoms with Gasteiger partial charge in [0.15, 0.2) is 5.75 Å². The minimum absolute atomic E-state index is 0.207. The van der Waals surface area contributed by atoms with Crippen LogP contribution in [-0.2, 0) is 13.6 Å². The topological polar surface area (TPSA) is 88.4 Å². The Balaban J connectivity index is 1.25. The number of unbranched alkanes of at least 4 members (excludes halogenated alkanes) is 5. The first-order valence-electron chi connectivity index (χ1n) is 11.3. The zero-order chi connectivity index (χ0) is 22.8. The van der Waals surface area contributed by atoms with Crippen molar-refractivity contribution in [2.24, 2.45) is 7.05 Å². The maximum Gasteiger partial charge on any atom is 0.223 e. The van der Waals surface area contributed by atoms with Gasteiger partial charge in [-0.3, -0.25) is 9.78 Å². The lowest BCUT2D eigenvalue weighted by atomic mass is 10.1. The Kier molecular flexibility index (Phi) is 8.92. The summed E-state index contributed by atoms with van der Waals surface area (Å²) in [7, 11) is 3.50. The highest BCUT2D eigenvalue weighted by Crippen LogP contribution is 2.25. The summed E-state index contributed by atoms with van der Waals surface area (Å²) in [4.78, 5) is 16.0. The normalized spacial score (nSPS) is 11.1. The molecule has 0 bridgehead atoms. The van der Waals surface area contributed by atoms with Crippen LogP contribution in [0.5, 0.6) is 11.5 Å². The second kappa shape index (κ2) is 12.1. The third-order valence-electron chi connectivity index (χ3n) is 5.67. The van der Waals surface area contributed by atoms with E-state index in [-0.39, 0.29) is 11.2 Å². The van der Waals surface area contributed by atoms with E-state index in [1.165, 1.54) is 37.9 Å². The number of ether oxygens (including phenoxy) is 1. The van der Waals surface area contributed by atoms with Gasteiger partial charge in [0, 0.05) is 61.4 Å². The van der Waals surface area contributed by atoms with Crippen LogP contribution in [0.3, 0.4) is 0 Å². The van der Waals surface area contributed by atoms with Gasteiger partial charge in [-0.1, -0.05) is 25.7 Å². The highest BCUT2D eigenvalue weighted by molar-refractivity contribution is 5.91. The molecule has 3 aromatic rings. The van der Waals surface area contributed by atoms with Gasteiger partial charge in [0.25, 0.3) is 0 Å². The molecule has 0 saturated carbocycles. The van der Waals surface area contributed by atoms with Gasteiger partial charge in [0.1, 0.15) is 5.75 Å². The second-order valence-corrected chi connectivity index (χ2v) is 8.09. The van der Waals surface area contributed by atoms with E-state index in [0.717, 1.165) is 54.0 Å². The molecule has 2 heterocycles. The van der Waals surface area contributed by atoms with Gasteiger partial charge < -0.3 is 25.0 Å². The molecular weight excluding hydrogens is 404 g/mol. The number of anilines is 1. The van der Waals surface area contributed by atoms with Crippen LogP contribution in [-0.4, -0.2) is 34.9 Å². The van der Waals surface area contributed by atoms with E-state index in [1.54, 1.807) is 11.7 Å². The summed E-state index contributed by atoms with van der Waals surface area (Å²) in [5.74, 6) is 0.615. The first-order valence-corrected chi connectivity index (χ1v) is 11.3. The van der Waals surface area contributed by atoms with Gasteiger partial charge in [0.2, 0.25) is 5.43 Å². The van der Waals surface area contributed by atoms with E-state index in [9.17, 15) is 9.90 Å². The molecule has 3 rings (SSSR count). The van der Waals surface area contributed by atoms with Crippen LogP contribution in [0.4, 0.5) is 5.69 Å². The van der Waals surface area contributed by atoms with Gasteiger partial charge in [-0.15, -0.1) is 0 Å². The highest BCUT2D eigenvalue weighted by Gasteiger charge is 2.04. The van der Waals surface area contributed by atoms with Crippen molar-refractivity contribution >= 4 is 16.6 Å². The Labute approximate surface area is 189 Å². The molecule has 0 saturated heterocycles. The number of aryl methyl sites for hydroxylation is 1. The summed E-state index contributed by atoms with van der Waals surface area (Å²) in [6.07, 6.45) is 10.4. The number of pyridine rings is 2. The van der Waals surface area contributed by atoms with Crippen molar-refractivity contribution in [1.29, 1.82) is 0 Å². The molecule has 7 nitrogen and oxygen atoms in total. The fourth-order valence-corrected chi connectivity index (χ4v) is 3.76. The molecule has 0 unspecified atom stereocenters. The predicted molar refractivity (Wildman–Crippen MR) is 130 cm³/mol. The lowest BCUT2D eigenvalue weighted by molar-refractivity contribution is 0.415. The molecule has 172 valence electrons. The van der Waals surface area contributed by atoms with Crippen LogP contribution in [0.15, 0.2) is 47.5 Å². The Morgan fingerprint density at radius 3 is 2.56 bits per heavy atom. The fourth-order valence-electron chi connectivity index (χ4n) is 3.76. The van der Waals surface area contributed by atoms with Crippen LogP contribution in [0.1, 0.15) is 44.2 Å². The van der Waals surface area contributed by atoms with Crippen LogP contribution in [0, 0.1) is 0 Å². The Hall–Kier alpha value is -3.06. The zero-order valence-corrected chi connectivity index (χ0v) is 19.1. The van der Waals surface area contributed by atoms with Gasteiger partial charge in [-0.05, 0) is 37.6 Å². The molecule has 1 aromatic carbocycles. The highest BCUT2D eigenvalue weighted by atomic mass is 16.5. The molecule has 0 fully saturated rings. The first-order chi connectivity index (χ1) is 15.6. The van der Waals surface area contributed by atoms with Crippen molar-refractivity contribution in [2.45, 2.75) is 45.1 Å². The summed E-state index contributed by atoms with van der Waals surface area (Å²) in [5.41, 5.74) is 2.61. The van der Waals surface area contributed by atoms with Crippen LogP contribution >= 0.6 is 0 Å². The van der Waals surface area contributed by atoms with E-state index in [0.29, 0.717) is 6.54 Å². The average molecular weight is 439 g/mol. The number of fused-ring (bicyclic) bond motifs is 1. The molecule has 2 aromatic heterocycles. The lowest BCUT2D eigenvalue weighted by Gasteiger charge is -2.11. The van der Waals surface area contributed by atoms with Crippen LogP contribution in [0.25, 0.3) is 10.9 Å². The molecule has 0 radical (unpaired) electrons. The molecule has 0 aliphatic heterocycles. The number of rotatable bonds is 13. The van der Waals surface area contributed by atoms with Gasteiger partial charge in [0.05, 0.1) is 12.6 Å². The van der Waals surface area contributed by atoms with Crippen LogP contribution < -0.4 is 20.8 Å². The third-order valence-corrected chi connectivity index (χ3v) is 5.67. The molecular formula is C25H34N4O3. The summed E-state index contributed by atoms with van der Waals surface area (Å²) >= 11 is 0. The second-order valence-electron chi connectivity index (χ2n) is 8.09. The summed E-state index contributed by atoms with van der Waals surface area (Å²) < 4.78 is 7.06. The Morgan fingerprint density at radius 1 is 1.03 bits per heavy atom. The summed E-state index contributed by atoms with van der Waals surface area (Å²) in [6, 6.07) is 9.50. The molecule has 7 heteroatoms. The van der Waals surface area contributed by atoms with E-state index in [4.69, 9.17) is 4.74 Å². The fraction of sp³-hybridized carbons (Fsp3) is 0.440. The van der Waals surface area contributed by atoms with Crippen molar-refractivity contribution < 1.29 is 9.84 Å². The zero-order valence-electron chi connectivity index (χ0n) is 19.1. The van der Waals surface area contributed by atoms with Gasteiger partial charge >= 0.3 is 0 Å². The average Bonchev–Trinajstić information content (AvgIpc) is 2.80. The van der Waals surface area contributed by atoms with Crippen molar-refractivity contribution in [3.05, 3.63) is 58.6 Å². The standard InChI is InChI=1S/C25H34N4O3/c1-29-18-25(31)24(30)15-19(29)17-26-12-7-5-3-4-6-8-13-27-22-11-14-28-23-16-20(32-2)9-10-21(22)23/h9-11,14-16,18,26,31H,3-8,12-13,17H2,1-2H3,(H,27,28). The molecule has 0 atom stereocenters. The van der Waals surface area contributed by atoms with E-state index in [2.05, 4.69) is 21.7 Å². The van der Waals surface area contributed by atoms with Crippen molar-refractivity contribution in [3.8, 4) is 11.5 Å². The first kappa shape index (κ1) is 23.6. The number of benzene rings is 1. The monoisotopic (exact) mass is 438 g/mol. The summed E-state index contributed by atoms with van der Waals surface area (Å²) in [5, 5.41) is 17.5. The van der Waals surface area contributed by atoms with Crippen molar-refractivity contribution in [2.75, 3.05) is 25.5 Å². The number of hydrogen-bond donors (Lipinski definition) is 3. The number of methoxy groups -OCH3 is 1. The molecule has 3 N–H and O–H groups in total. The predicted octanol–water partition coefficient (Wildman–Crippen LogP) is 4.19. The minimum Gasteiger partial charge on any atom is -0.503 e. The quantitative estimate of drug-likeness (QED) is 0.347. The largest absolute Gasteiger partial charge is 0.503 e. The number of nitrogens with one attached hydrogen (secondary N) is 2. The third kappa shape index (κ3) is 6.72. The minimum atomic E-state index is -0.327. The van der Waals surface area contributed by atoms with Crippen LogP contribution in [0.2, 0.25) is 0 Å². The SMILES string of the molecule is COc1ccc2c(NCCCCCCCCNCc3cc(=O)c(O)cn3C)ccnc2c1. The van der Waals surface area contributed by atoms with Gasteiger partial charge in [-0.25, -0.2) is 0 Å². The molecule has 0 aliphatic carbocycles. The van der Waals surface area contributed by atoms with E-state index >= 15 is 0 Å². The Morgan fingerprint density at radius 2 is 1.78 bits per heavy atom. The van der Waals surface area contributed by atoms with Gasteiger partial charge in [-0.2, -0.15) is 0 Å². The number of hydrogen-bond acceptors (Lipinski definition) is 6.